The number of carbonyl (C=O) groups excluding carboxylic acids is 1. The van der Waals surface area contributed by atoms with Crippen LogP contribution in [0.3, 0.4) is 0 Å². The number of hydrogen-bond acceptors (Lipinski definition) is 5. The first-order valence-corrected chi connectivity index (χ1v) is 9.28. The minimum atomic E-state index is -1.87. The highest BCUT2D eigenvalue weighted by Gasteiger charge is 2.17. The van der Waals surface area contributed by atoms with Crippen molar-refractivity contribution in [1.82, 2.24) is 0 Å². The van der Waals surface area contributed by atoms with E-state index in [0.29, 0.717) is 23.0 Å². The summed E-state index contributed by atoms with van der Waals surface area (Å²) in [6.45, 7) is -0.297. The number of benzene rings is 2. The number of halogens is 4. The van der Waals surface area contributed by atoms with Gasteiger partial charge >= 0.3 is 5.97 Å². The molecule has 9 heteroatoms. The molecule has 0 unspecified atom stereocenters. The second-order valence-electron chi connectivity index (χ2n) is 5.73. The lowest BCUT2D eigenvalue weighted by molar-refractivity contribution is -0.133. The van der Waals surface area contributed by atoms with Gasteiger partial charge in [0.1, 0.15) is 24.5 Å². The summed E-state index contributed by atoms with van der Waals surface area (Å²) in [5.41, 5.74) is 1.48. The third kappa shape index (κ3) is 6.37. The molecule has 0 aliphatic carbocycles. The fourth-order valence-electron chi connectivity index (χ4n) is 2.47. The zero-order valence-electron chi connectivity index (χ0n) is 16.1. The van der Waals surface area contributed by atoms with Gasteiger partial charge in [0.15, 0.2) is 5.75 Å². The van der Waals surface area contributed by atoms with Crippen LogP contribution in [0.2, 0.25) is 10.0 Å². The van der Waals surface area contributed by atoms with E-state index in [2.05, 4.69) is 0 Å². The Labute approximate surface area is 182 Å². The summed E-state index contributed by atoms with van der Waals surface area (Å²) in [4.78, 5) is 12.1. The minimum Gasteiger partial charge on any atom is -0.503 e. The van der Waals surface area contributed by atoms with Gasteiger partial charge in [-0.3, -0.25) is 0 Å². The maximum Gasteiger partial charge on any atom is 0.341 e. The molecule has 2 aromatic carbocycles. The summed E-state index contributed by atoms with van der Waals surface area (Å²) in [5.74, 6) is -0.162. The molecule has 0 saturated carbocycles. The van der Waals surface area contributed by atoms with Crippen molar-refractivity contribution in [1.29, 1.82) is 0 Å². The fraction of sp³-hybridized carbons (Fsp3) is 0.190. The molecule has 0 amide bonds. The molecule has 5 nitrogen and oxygen atoms in total. The number of carbonyl (C=O) groups is 1. The van der Waals surface area contributed by atoms with Gasteiger partial charge in [-0.05, 0) is 11.1 Å². The maximum atomic E-state index is 12.1. The van der Waals surface area contributed by atoms with Gasteiger partial charge in [-0.25, -0.2) is 4.79 Å². The van der Waals surface area contributed by atoms with E-state index in [1.54, 1.807) is 24.3 Å². The van der Waals surface area contributed by atoms with Crippen molar-refractivity contribution in [3.05, 3.63) is 76.0 Å². The van der Waals surface area contributed by atoms with Crippen LogP contribution in [0.4, 0.5) is 8.78 Å². The first-order valence-electron chi connectivity index (χ1n) is 8.52. The summed E-state index contributed by atoms with van der Waals surface area (Å²) >= 11 is 12.3. The number of hydrogen-bond donors (Lipinski definition) is 0. The SMILES string of the molecule is CO/C=C(/C(=O)OC)c1ccccc1COc1cc(Cl)c(OCC=C(F)F)c(Cl)c1. The maximum absolute atomic E-state index is 12.1. The van der Waals surface area contributed by atoms with Crippen LogP contribution in [0.5, 0.6) is 11.5 Å². The number of rotatable bonds is 9. The summed E-state index contributed by atoms with van der Waals surface area (Å²) in [7, 11) is 2.70. The molecule has 0 bridgehead atoms. The fourth-order valence-corrected chi connectivity index (χ4v) is 3.04. The molecule has 0 heterocycles. The lowest BCUT2D eigenvalue weighted by Gasteiger charge is -2.14. The predicted molar refractivity (Wildman–Crippen MR) is 110 cm³/mol. The van der Waals surface area contributed by atoms with E-state index in [-0.39, 0.29) is 34.6 Å². The number of methoxy groups -OCH3 is 2. The van der Waals surface area contributed by atoms with Crippen LogP contribution in [0.15, 0.2) is 54.8 Å². The first-order chi connectivity index (χ1) is 14.4. The Morgan fingerprint density at radius 3 is 2.33 bits per heavy atom. The molecule has 0 fully saturated rings. The van der Waals surface area contributed by atoms with Crippen molar-refractivity contribution in [2.75, 3.05) is 20.8 Å². The Bertz CT molecular complexity index is 933. The third-order valence-corrected chi connectivity index (χ3v) is 4.34. The minimum absolute atomic E-state index is 0.0691. The molecule has 0 aromatic heterocycles. The smallest absolute Gasteiger partial charge is 0.341 e. The van der Waals surface area contributed by atoms with Crippen LogP contribution in [-0.4, -0.2) is 26.8 Å². The van der Waals surface area contributed by atoms with Gasteiger partial charge in [-0.2, -0.15) is 8.78 Å². The van der Waals surface area contributed by atoms with Crippen LogP contribution in [-0.2, 0) is 20.9 Å². The van der Waals surface area contributed by atoms with Gasteiger partial charge < -0.3 is 18.9 Å². The average Bonchev–Trinajstić information content (AvgIpc) is 2.72. The van der Waals surface area contributed by atoms with E-state index in [4.69, 9.17) is 42.1 Å². The lowest BCUT2D eigenvalue weighted by Crippen LogP contribution is -2.08. The Kier molecular flexibility index (Phi) is 8.95. The molecule has 0 atom stereocenters. The Balaban J connectivity index is 2.21. The van der Waals surface area contributed by atoms with Crippen LogP contribution in [0, 0.1) is 0 Å². The molecule has 0 aliphatic rings. The summed E-state index contributed by atoms with van der Waals surface area (Å²) < 4.78 is 45.0. The van der Waals surface area contributed by atoms with Crippen molar-refractivity contribution in [3.8, 4) is 11.5 Å². The van der Waals surface area contributed by atoms with Crippen molar-refractivity contribution in [3.63, 3.8) is 0 Å². The van der Waals surface area contributed by atoms with Gasteiger partial charge in [0, 0.05) is 18.2 Å². The summed E-state index contributed by atoms with van der Waals surface area (Å²) in [6, 6.07) is 9.97. The van der Waals surface area contributed by atoms with Crippen LogP contribution in [0.25, 0.3) is 5.57 Å². The molecule has 2 aromatic rings. The van der Waals surface area contributed by atoms with Crippen LogP contribution < -0.4 is 9.47 Å². The molecule has 0 aliphatic heterocycles. The van der Waals surface area contributed by atoms with Gasteiger partial charge in [0.05, 0.1) is 30.5 Å². The standard InChI is InChI=1S/C21H18Cl2F2O5/c1-27-12-16(21(26)28-2)15-6-4-3-5-13(15)11-30-14-9-17(22)20(18(23)10-14)29-8-7-19(24)25/h3-7,9-10,12H,8,11H2,1-2H3/b16-12+. The first kappa shape index (κ1) is 23.5. The number of esters is 1. The van der Waals surface area contributed by atoms with E-state index in [9.17, 15) is 13.6 Å². The zero-order valence-corrected chi connectivity index (χ0v) is 17.6. The van der Waals surface area contributed by atoms with E-state index in [0.717, 1.165) is 0 Å². The molecular weight excluding hydrogens is 441 g/mol. The highest BCUT2D eigenvalue weighted by molar-refractivity contribution is 6.37. The molecule has 160 valence electrons. The highest BCUT2D eigenvalue weighted by Crippen LogP contribution is 2.37. The normalized spacial score (nSPS) is 10.9. The highest BCUT2D eigenvalue weighted by atomic mass is 35.5. The van der Waals surface area contributed by atoms with E-state index in [1.807, 2.05) is 0 Å². The number of ether oxygens (including phenoxy) is 4. The van der Waals surface area contributed by atoms with Gasteiger partial charge in [-0.1, -0.05) is 47.5 Å². The molecule has 30 heavy (non-hydrogen) atoms. The molecule has 2 rings (SSSR count). The molecule has 0 radical (unpaired) electrons. The topological polar surface area (TPSA) is 54.0 Å². The van der Waals surface area contributed by atoms with Crippen molar-refractivity contribution in [2.45, 2.75) is 6.61 Å². The molecule has 0 N–H and O–H groups in total. The molecule has 0 spiro atoms. The van der Waals surface area contributed by atoms with Crippen LogP contribution >= 0.6 is 23.2 Å². The molecule has 0 saturated heterocycles. The summed E-state index contributed by atoms with van der Waals surface area (Å²) in [6.07, 6.45) is 0.0225. The van der Waals surface area contributed by atoms with Gasteiger partial charge in [-0.15, -0.1) is 0 Å². The predicted octanol–water partition coefficient (Wildman–Crippen LogP) is 5.89. The Morgan fingerprint density at radius 2 is 1.73 bits per heavy atom. The van der Waals surface area contributed by atoms with E-state index < -0.39 is 12.0 Å². The lowest BCUT2D eigenvalue weighted by atomic mass is 10.0. The second-order valence-corrected chi connectivity index (χ2v) is 6.54. The second kappa shape index (κ2) is 11.4. The Hall–Kier alpha value is -2.77. The average molecular weight is 459 g/mol. The summed E-state index contributed by atoms with van der Waals surface area (Å²) in [5, 5.41) is 0.209. The largest absolute Gasteiger partial charge is 0.503 e. The monoisotopic (exact) mass is 458 g/mol. The zero-order chi connectivity index (χ0) is 22.1. The van der Waals surface area contributed by atoms with E-state index in [1.165, 1.54) is 32.6 Å². The molecular formula is C21H18Cl2F2O5. The Morgan fingerprint density at radius 1 is 1.07 bits per heavy atom. The van der Waals surface area contributed by atoms with Gasteiger partial charge in [0.25, 0.3) is 6.08 Å². The quantitative estimate of drug-likeness (QED) is 0.266. The van der Waals surface area contributed by atoms with Crippen LogP contribution in [0.1, 0.15) is 11.1 Å². The van der Waals surface area contributed by atoms with Crippen molar-refractivity contribution >= 4 is 34.7 Å². The van der Waals surface area contributed by atoms with Gasteiger partial charge in [0.2, 0.25) is 0 Å². The van der Waals surface area contributed by atoms with Crippen molar-refractivity contribution < 1.29 is 32.5 Å². The van der Waals surface area contributed by atoms with E-state index >= 15 is 0 Å². The van der Waals surface area contributed by atoms with Crippen molar-refractivity contribution in [2.24, 2.45) is 0 Å². The third-order valence-electron chi connectivity index (χ3n) is 3.78.